The fourth-order valence-corrected chi connectivity index (χ4v) is 1.84. The third kappa shape index (κ3) is 8.80. The van der Waals surface area contributed by atoms with Crippen molar-refractivity contribution in [2.45, 2.75) is 39.2 Å². The Balaban J connectivity index is 2.08. The lowest BCUT2D eigenvalue weighted by atomic mass is 10.1. The molecule has 0 spiro atoms. The zero-order valence-corrected chi connectivity index (χ0v) is 12.9. The van der Waals surface area contributed by atoms with Crippen LogP contribution in [0.3, 0.4) is 0 Å². The summed E-state index contributed by atoms with van der Waals surface area (Å²) in [5.74, 6) is 0. The molecule has 3 N–H and O–H groups in total. The van der Waals surface area contributed by atoms with Crippen molar-refractivity contribution in [2.75, 3.05) is 26.4 Å². The summed E-state index contributed by atoms with van der Waals surface area (Å²) in [6, 6.07) is 7.72. The monoisotopic (exact) mass is 297 g/mol. The van der Waals surface area contributed by atoms with E-state index in [0.29, 0.717) is 32.9 Å². The van der Waals surface area contributed by atoms with Gasteiger partial charge in [-0.25, -0.2) is 0 Å². The first-order valence-corrected chi connectivity index (χ1v) is 7.38. The van der Waals surface area contributed by atoms with Gasteiger partial charge in [0.05, 0.1) is 38.6 Å². The first-order chi connectivity index (χ1) is 10.1. The van der Waals surface area contributed by atoms with E-state index in [1.165, 1.54) is 0 Å². The second kappa shape index (κ2) is 10.7. The van der Waals surface area contributed by atoms with Gasteiger partial charge in [-0.05, 0) is 25.0 Å². The van der Waals surface area contributed by atoms with E-state index in [4.69, 9.17) is 14.6 Å². The van der Waals surface area contributed by atoms with Crippen molar-refractivity contribution in [2.24, 2.45) is 0 Å². The molecule has 1 rings (SSSR count). The molecule has 1 aromatic rings. The van der Waals surface area contributed by atoms with Crippen molar-refractivity contribution in [3.63, 3.8) is 0 Å². The molecule has 120 valence electrons. The second-order valence-electron chi connectivity index (χ2n) is 5.26. The van der Waals surface area contributed by atoms with E-state index in [-0.39, 0.29) is 12.7 Å². The van der Waals surface area contributed by atoms with E-state index >= 15 is 0 Å². The highest BCUT2D eigenvalue weighted by molar-refractivity contribution is 5.22. The number of aliphatic hydroxyl groups excluding tert-OH is 2. The van der Waals surface area contributed by atoms with Crippen LogP contribution in [0.2, 0.25) is 0 Å². The lowest BCUT2D eigenvalue weighted by molar-refractivity contribution is -0.0100. The van der Waals surface area contributed by atoms with E-state index in [1.807, 2.05) is 38.1 Å². The predicted molar refractivity (Wildman–Crippen MR) is 82.0 cm³/mol. The van der Waals surface area contributed by atoms with Gasteiger partial charge in [0, 0.05) is 13.1 Å². The number of benzene rings is 1. The van der Waals surface area contributed by atoms with Crippen LogP contribution >= 0.6 is 0 Å². The molecule has 0 heterocycles. The lowest BCUT2D eigenvalue weighted by Gasteiger charge is -2.13. The first kappa shape index (κ1) is 18.1. The average molecular weight is 297 g/mol. The third-order valence-electron chi connectivity index (χ3n) is 2.87. The number of hydrogen-bond acceptors (Lipinski definition) is 5. The molecule has 1 aromatic carbocycles. The molecule has 0 fully saturated rings. The van der Waals surface area contributed by atoms with Crippen molar-refractivity contribution in [3.8, 4) is 0 Å². The fraction of sp³-hybridized carbons (Fsp3) is 0.625. The molecule has 0 radical (unpaired) electrons. The Hall–Kier alpha value is -0.980. The Bertz CT molecular complexity index is 384. The van der Waals surface area contributed by atoms with Gasteiger partial charge in [0.2, 0.25) is 0 Å². The summed E-state index contributed by atoms with van der Waals surface area (Å²) in [4.78, 5) is 0. The Morgan fingerprint density at radius 3 is 2.67 bits per heavy atom. The molecule has 5 nitrogen and oxygen atoms in total. The van der Waals surface area contributed by atoms with Crippen LogP contribution in [0.4, 0.5) is 0 Å². The molecule has 1 unspecified atom stereocenters. The Labute approximate surface area is 126 Å². The number of aliphatic hydroxyl groups is 2. The fourth-order valence-electron chi connectivity index (χ4n) is 1.84. The van der Waals surface area contributed by atoms with Gasteiger partial charge < -0.3 is 25.0 Å². The third-order valence-corrected chi connectivity index (χ3v) is 2.87. The van der Waals surface area contributed by atoms with Gasteiger partial charge in [0.25, 0.3) is 0 Å². The Morgan fingerprint density at radius 1 is 1.19 bits per heavy atom. The minimum absolute atomic E-state index is 0.0444. The highest BCUT2D eigenvalue weighted by Crippen LogP contribution is 2.04. The molecule has 0 aliphatic heterocycles. The maximum atomic E-state index is 9.77. The van der Waals surface area contributed by atoms with Gasteiger partial charge in [-0.2, -0.15) is 0 Å². The molecule has 0 aliphatic carbocycles. The van der Waals surface area contributed by atoms with Crippen LogP contribution in [-0.4, -0.2) is 48.8 Å². The van der Waals surface area contributed by atoms with Gasteiger partial charge in [0.15, 0.2) is 0 Å². The van der Waals surface area contributed by atoms with Crippen LogP contribution in [0.15, 0.2) is 24.3 Å². The van der Waals surface area contributed by atoms with Crippen LogP contribution in [0.25, 0.3) is 0 Å². The molecule has 1 atom stereocenters. The topological polar surface area (TPSA) is 71.0 Å². The lowest BCUT2D eigenvalue weighted by Crippen LogP contribution is -2.30. The number of rotatable bonds is 11. The Kier molecular flexibility index (Phi) is 9.21. The SMILES string of the molecule is CC(C)OCCOCC(O)CNCc1cccc(CO)c1. The van der Waals surface area contributed by atoms with Crippen molar-refractivity contribution in [1.29, 1.82) is 0 Å². The predicted octanol–water partition coefficient (Wildman–Crippen LogP) is 1.07. The van der Waals surface area contributed by atoms with Crippen LogP contribution in [0, 0.1) is 0 Å². The second-order valence-corrected chi connectivity index (χ2v) is 5.26. The quantitative estimate of drug-likeness (QED) is 0.533. The van der Waals surface area contributed by atoms with Gasteiger partial charge in [-0.1, -0.05) is 24.3 Å². The summed E-state index contributed by atoms with van der Waals surface area (Å²) < 4.78 is 10.7. The van der Waals surface area contributed by atoms with Gasteiger partial charge >= 0.3 is 0 Å². The number of ether oxygens (including phenoxy) is 2. The number of hydrogen-bond donors (Lipinski definition) is 3. The van der Waals surface area contributed by atoms with E-state index in [0.717, 1.165) is 11.1 Å². The summed E-state index contributed by atoms with van der Waals surface area (Å²) in [6.07, 6.45) is -0.333. The zero-order valence-electron chi connectivity index (χ0n) is 12.9. The highest BCUT2D eigenvalue weighted by Gasteiger charge is 2.04. The number of nitrogens with one attached hydrogen (secondary N) is 1. The molecular weight excluding hydrogens is 270 g/mol. The molecule has 21 heavy (non-hydrogen) atoms. The summed E-state index contributed by atoms with van der Waals surface area (Å²) in [7, 11) is 0. The van der Waals surface area contributed by atoms with Crippen molar-refractivity contribution in [1.82, 2.24) is 5.32 Å². The summed E-state index contributed by atoms with van der Waals surface area (Å²) in [5, 5.41) is 22.0. The maximum Gasteiger partial charge on any atom is 0.0897 e. The molecular formula is C16H27NO4. The highest BCUT2D eigenvalue weighted by atomic mass is 16.5. The van der Waals surface area contributed by atoms with Crippen LogP contribution in [0.1, 0.15) is 25.0 Å². The van der Waals surface area contributed by atoms with Gasteiger partial charge in [-0.3, -0.25) is 0 Å². The average Bonchev–Trinajstić information content (AvgIpc) is 2.47. The van der Waals surface area contributed by atoms with E-state index in [9.17, 15) is 5.11 Å². The molecule has 0 aromatic heterocycles. The van der Waals surface area contributed by atoms with E-state index < -0.39 is 6.10 Å². The zero-order chi connectivity index (χ0) is 15.5. The maximum absolute atomic E-state index is 9.77. The minimum Gasteiger partial charge on any atom is -0.392 e. The van der Waals surface area contributed by atoms with Crippen LogP contribution in [0.5, 0.6) is 0 Å². The minimum atomic E-state index is -0.537. The van der Waals surface area contributed by atoms with E-state index in [2.05, 4.69) is 5.32 Å². The molecule has 0 bridgehead atoms. The largest absolute Gasteiger partial charge is 0.392 e. The smallest absolute Gasteiger partial charge is 0.0897 e. The molecule has 0 amide bonds. The van der Waals surface area contributed by atoms with Gasteiger partial charge in [-0.15, -0.1) is 0 Å². The molecule has 5 heteroatoms. The normalized spacial score (nSPS) is 12.8. The molecule has 0 saturated carbocycles. The van der Waals surface area contributed by atoms with Gasteiger partial charge in [0.1, 0.15) is 0 Å². The van der Waals surface area contributed by atoms with Crippen molar-refractivity contribution in [3.05, 3.63) is 35.4 Å². The summed E-state index contributed by atoms with van der Waals surface area (Å²) >= 11 is 0. The van der Waals surface area contributed by atoms with Crippen molar-refractivity contribution < 1.29 is 19.7 Å². The first-order valence-electron chi connectivity index (χ1n) is 7.38. The summed E-state index contributed by atoms with van der Waals surface area (Å²) in [6.45, 7) is 6.46. The molecule has 0 aliphatic rings. The molecule has 0 saturated heterocycles. The van der Waals surface area contributed by atoms with E-state index in [1.54, 1.807) is 0 Å². The van der Waals surface area contributed by atoms with Crippen LogP contribution < -0.4 is 5.32 Å². The van der Waals surface area contributed by atoms with Crippen LogP contribution in [-0.2, 0) is 22.6 Å². The van der Waals surface area contributed by atoms with Crippen molar-refractivity contribution >= 4 is 0 Å². The summed E-state index contributed by atoms with van der Waals surface area (Å²) in [5.41, 5.74) is 1.98. The standard InChI is InChI=1S/C16H27NO4/c1-13(2)21-7-6-20-12-16(19)10-17-9-14-4-3-5-15(8-14)11-18/h3-5,8,13,16-19H,6-7,9-12H2,1-2H3. The Morgan fingerprint density at radius 2 is 1.95 bits per heavy atom.